The van der Waals surface area contributed by atoms with Gasteiger partial charge in [0, 0.05) is 11.9 Å². The Morgan fingerprint density at radius 1 is 1.55 bits per heavy atom. The summed E-state index contributed by atoms with van der Waals surface area (Å²) in [7, 11) is 1.29. The van der Waals surface area contributed by atoms with Crippen molar-refractivity contribution in [1.82, 2.24) is 5.32 Å². The number of carbonyl (C=O) groups is 1. The smallest absolute Gasteiger partial charge is 0.311 e. The summed E-state index contributed by atoms with van der Waals surface area (Å²) >= 11 is 5.84. The Kier molecular flexibility index (Phi) is 5.33. The van der Waals surface area contributed by atoms with Gasteiger partial charge in [0.15, 0.2) is 0 Å². The summed E-state index contributed by atoms with van der Waals surface area (Å²) in [5, 5.41) is 13.7. The molecule has 1 aromatic carbocycles. The molecule has 0 fully saturated rings. The van der Waals surface area contributed by atoms with E-state index in [0.717, 1.165) is 0 Å². The van der Waals surface area contributed by atoms with Gasteiger partial charge >= 0.3 is 5.69 Å². The molecule has 0 radical (unpaired) electrons. The molecule has 1 amide bonds. The van der Waals surface area contributed by atoms with Crippen LogP contribution in [0.4, 0.5) is 5.69 Å². The average molecular weight is 301 g/mol. The maximum atomic E-state index is 12.3. The van der Waals surface area contributed by atoms with Crippen LogP contribution >= 0.6 is 11.6 Å². The predicted molar refractivity (Wildman–Crippen MR) is 76.5 cm³/mol. The highest BCUT2D eigenvalue weighted by atomic mass is 35.5. The minimum absolute atomic E-state index is 0.0528. The second-order valence-electron chi connectivity index (χ2n) is 4.62. The molecule has 0 aliphatic heterocycles. The maximum Gasteiger partial charge on any atom is 0.311 e. The number of alkyl halides is 1. The van der Waals surface area contributed by atoms with Gasteiger partial charge in [0.05, 0.1) is 23.1 Å². The van der Waals surface area contributed by atoms with Crippen LogP contribution in [0.25, 0.3) is 0 Å². The van der Waals surface area contributed by atoms with Crippen LogP contribution in [0.3, 0.4) is 0 Å². The number of benzene rings is 1. The van der Waals surface area contributed by atoms with Crippen molar-refractivity contribution in [1.29, 1.82) is 0 Å². The van der Waals surface area contributed by atoms with E-state index in [0.29, 0.717) is 6.42 Å². The van der Waals surface area contributed by atoms with Crippen molar-refractivity contribution in [3.63, 3.8) is 0 Å². The average Bonchev–Trinajstić information content (AvgIpc) is 2.45. The highest BCUT2D eigenvalue weighted by Crippen LogP contribution is 2.30. The van der Waals surface area contributed by atoms with Crippen molar-refractivity contribution in [3.05, 3.63) is 33.9 Å². The monoisotopic (exact) mass is 300 g/mol. The number of nitrogens with zero attached hydrogens (tertiary/aromatic N) is 1. The second-order valence-corrected chi connectivity index (χ2v) is 4.88. The Bertz CT molecular complexity index is 515. The minimum atomic E-state index is -0.587. The lowest BCUT2D eigenvalue weighted by Gasteiger charge is -2.27. The minimum Gasteiger partial charge on any atom is -0.490 e. The molecule has 0 heterocycles. The summed E-state index contributed by atoms with van der Waals surface area (Å²) in [6, 6.07) is 4.21. The molecule has 20 heavy (non-hydrogen) atoms. The van der Waals surface area contributed by atoms with E-state index in [-0.39, 0.29) is 22.9 Å². The summed E-state index contributed by atoms with van der Waals surface area (Å²) < 4.78 is 5.01. The van der Waals surface area contributed by atoms with Gasteiger partial charge in [-0.25, -0.2) is 0 Å². The maximum absolute atomic E-state index is 12.3. The third kappa shape index (κ3) is 3.39. The summed E-state index contributed by atoms with van der Waals surface area (Å²) in [4.78, 5) is 22.6. The zero-order chi connectivity index (χ0) is 15.3. The number of ether oxygens (including phenoxy) is 1. The number of para-hydroxylation sites is 1. The van der Waals surface area contributed by atoms with Crippen molar-refractivity contribution >= 4 is 23.2 Å². The van der Waals surface area contributed by atoms with Gasteiger partial charge in [-0.15, -0.1) is 11.6 Å². The van der Waals surface area contributed by atoms with Crippen LogP contribution in [0.5, 0.6) is 5.75 Å². The number of nitrogens with one attached hydrogen (secondary N) is 1. The molecular formula is C13H17ClN2O4. The molecular weight excluding hydrogens is 284 g/mol. The molecule has 0 aliphatic rings. The molecule has 0 aromatic heterocycles. The van der Waals surface area contributed by atoms with Crippen LogP contribution in [0.2, 0.25) is 0 Å². The number of halogens is 1. The van der Waals surface area contributed by atoms with Gasteiger partial charge in [-0.05, 0) is 19.4 Å². The van der Waals surface area contributed by atoms with Gasteiger partial charge < -0.3 is 10.1 Å². The quantitative estimate of drug-likeness (QED) is 0.497. The van der Waals surface area contributed by atoms with Crippen molar-refractivity contribution in [2.45, 2.75) is 25.8 Å². The molecule has 0 aliphatic carbocycles. The molecule has 0 bridgehead atoms. The van der Waals surface area contributed by atoms with E-state index in [1.54, 1.807) is 0 Å². The molecule has 1 unspecified atom stereocenters. The van der Waals surface area contributed by atoms with Gasteiger partial charge in [-0.1, -0.05) is 13.0 Å². The molecule has 7 heteroatoms. The fourth-order valence-corrected chi connectivity index (χ4v) is 1.88. The first-order valence-corrected chi connectivity index (χ1v) is 6.62. The SMILES string of the molecule is CCC(C)(CCl)NC(=O)c1cccc([N+](=O)[O-])c1OC. The zero-order valence-electron chi connectivity index (χ0n) is 11.6. The first kappa shape index (κ1) is 16.2. The number of carbonyl (C=O) groups excluding carboxylic acids is 1. The lowest BCUT2D eigenvalue weighted by molar-refractivity contribution is -0.385. The Morgan fingerprint density at radius 3 is 2.65 bits per heavy atom. The predicted octanol–water partition coefficient (Wildman–Crippen LogP) is 2.74. The van der Waals surface area contributed by atoms with Crippen LogP contribution in [-0.2, 0) is 0 Å². The topological polar surface area (TPSA) is 81.5 Å². The van der Waals surface area contributed by atoms with Crippen LogP contribution in [0.15, 0.2) is 18.2 Å². The number of hydrogen-bond acceptors (Lipinski definition) is 4. The van der Waals surface area contributed by atoms with E-state index < -0.39 is 16.4 Å². The summed E-state index contributed by atoms with van der Waals surface area (Å²) in [6.45, 7) is 3.70. The number of rotatable bonds is 6. The van der Waals surface area contributed by atoms with Crippen LogP contribution in [0, 0.1) is 10.1 Å². The molecule has 0 saturated carbocycles. The van der Waals surface area contributed by atoms with Crippen molar-refractivity contribution in [2.75, 3.05) is 13.0 Å². The number of amides is 1. The Balaban J connectivity index is 3.17. The van der Waals surface area contributed by atoms with Gasteiger partial charge in [0.1, 0.15) is 0 Å². The Labute approximate surface area is 122 Å². The lowest BCUT2D eigenvalue weighted by atomic mass is 10.0. The first-order chi connectivity index (χ1) is 9.38. The van der Waals surface area contributed by atoms with Crippen LogP contribution in [-0.4, -0.2) is 29.4 Å². The number of nitro groups is 1. The van der Waals surface area contributed by atoms with Gasteiger partial charge in [0.25, 0.3) is 5.91 Å². The Morgan fingerprint density at radius 2 is 2.20 bits per heavy atom. The zero-order valence-corrected chi connectivity index (χ0v) is 12.4. The van der Waals surface area contributed by atoms with E-state index in [4.69, 9.17) is 16.3 Å². The van der Waals surface area contributed by atoms with Crippen molar-refractivity contribution < 1.29 is 14.5 Å². The van der Waals surface area contributed by atoms with Gasteiger partial charge in [0.2, 0.25) is 5.75 Å². The molecule has 1 aromatic rings. The fourth-order valence-electron chi connectivity index (χ4n) is 1.62. The highest BCUT2D eigenvalue weighted by Gasteiger charge is 2.28. The van der Waals surface area contributed by atoms with Crippen LogP contribution in [0.1, 0.15) is 30.6 Å². The molecule has 1 N–H and O–H groups in total. The van der Waals surface area contributed by atoms with E-state index in [2.05, 4.69) is 5.32 Å². The first-order valence-electron chi connectivity index (χ1n) is 6.08. The summed E-state index contributed by atoms with van der Waals surface area (Å²) in [5.74, 6) is -0.259. The third-order valence-electron chi connectivity index (χ3n) is 3.13. The fraction of sp³-hybridized carbons (Fsp3) is 0.462. The largest absolute Gasteiger partial charge is 0.490 e. The summed E-state index contributed by atoms with van der Waals surface area (Å²) in [5.41, 5.74) is -0.704. The van der Waals surface area contributed by atoms with Crippen LogP contribution < -0.4 is 10.1 Å². The van der Waals surface area contributed by atoms with Crippen molar-refractivity contribution in [2.24, 2.45) is 0 Å². The molecule has 0 saturated heterocycles. The van der Waals surface area contributed by atoms with Crippen molar-refractivity contribution in [3.8, 4) is 5.75 Å². The van der Waals surface area contributed by atoms with E-state index in [1.807, 2.05) is 13.8 Å². The Hall–Kier alpha value is -1.82. The van der Waals surface area contributed by atoms with E-state index >= 15 is 0 Å². The molecule has 6 nitrogen and oxygen atoms in total. The molecule has 1 atom stereocenters. The second kappa shape index (κ2) is 6.56. The lowest BCUT2D eigenvalue weighted by Crippen LogP contribution is -2.47. The number of nitro benzene ring substituents is 1. The normalized spacial score (nSPS) is 13.4. The van der Waals surface area contributed by atoms with Gasteiger partial charge in [-0.3, -0.25) is 14.9 Å². The molecule has 0 spiro atoms. The van der Waals surface area contributed by atoms with E-state index in [9.17, 15) is 14.9 Å². The number of methoxy groups -OCH3 is 1. The molecule has 1 rings (SSSR count). The third-order valence-corrected chi connectivity index (χ3v) is 3.72. The van der Waals surface area contributed by atoms with E-state index in [1.165, 1.54) is 25.3 Å². The number of hydrogen-bond donors (Lipinski definition) is 1. The standard InChI is InChI=1S/C13H17ClN2O4/c1-4-13(2,8-14)15-12(17)9-6-5-7-10(16(18)19)11(9)20-3/h5-7H,4,8H2,1-3H3,(H,15,17). The van der Waals surface area contributed by atoms with Gasteiger partial charge in [-0.2, -0.15) is 0 Å². The summed E-state index contributed by atoms with van der Waals surface area (Å²) in [6.07, 6.45) is 0.638. The molecule has 110 valence electrons. The highest BCUT2D eigenvalue weighted by molar-refractivity contribution is 6.18.